The van der Waals surface area contributed by atoms with E-state index in [1.165, 1.54) is 18.6 Å². The van der Waals surface area contributed by atoms with Gasteiger partial charge in [0.25, 0.3) is 0 Å². The lowest BCUT2D eigenvalue weighted by atomic mass is 10.0. The molecule has 3 unspecified atom stereocenters. The van der Waals surface area contributed by atoms with Crippen LogP contribution in [0.2, 0.25) is 0 Å². The van der Waals surface area contributed by atoms with Crippen LogP contribution in [0.25, 0.3) is 0 Å². The Labute approximate surface area is 108 Å². The van der Waals surface area contributed by atoms with E-state index in [0.717, 1.165) is 18.4 Å². The fraction of sp³-hybridized carbons (Fsp3) is 0.533. The zero-order chi connectivity index (χ0) is 13.3. The highest BCUT2D eigenvalue weighted by Gasteiger charge is 2.34. The summed E-state index contributed by atoms with van der Waals surface area (Å²) in [4.78, 5) is 14.3. The Morgan fingerprint density at radius 2 is 2.00 bits per heavy atom. The average molecular weight is 249 g/mol. The number of benzene rings is 1. The molecular formula is C15H20FNO. The van der Waals surface area contributed by atoms with E-state index in [1.54, 1.807) is 12.1 Å². The molecule has 0 bridgehead atoms. The van der Waals surface area contributed by atoms with Gasteiger partial charge in [-0.2, -0.15) is 0 Å². The Bertz CT molecular complexity index is 429. The monoisotopic (exact) mass is 249 g/mol. The number of Topliss-reactive ketones (excluding diaryl/α,β-unsaturated/α-hetero) is 1. The highest BCUT2D eigenvalue weighted by Crippen LogP contribution is 2.38. The number of carbonyl (C=O) groups is 1. The maximum absolute atomic E-state index is 12.8. The van der Waals surface area contributed by atoms with E-state index in [9.17, 15) is 9.18 Å². The van der Waals surface area contributed by atoms with Gasteiger partial charge in [0.1, 0.15) is 5.82 Å². The first-order valence-corrected chi connectivity index (χ1v) is 6.49. The Morgan fingerprint density at radius 1 is 1.44 bits per heavy atom. The molecule has 98 valence electrons. The number of ketones is 1. The summed E-state index contributed by atoms with van der Waals surface area (Å²) in [7, 11) is 1.98. The standard InChI is InChI=1S/C15H20FNO/c1-10-8-13(10)9-17(3)11(2)15(18)12-4-6-14(16)7-5-12/h4-7,10-11,13H,8-9H2,1-3H3. The lowest BCUT2D eigenvalue weighted by Crippen LogP contribution is -2.37. The molecule has 1 aromatic carbocycles. The van der Waals surface area contributed by atoms with Crippen molar-refractivity contribution in [3.63, 3.8) is 0 Å². The third-order valence-electron chi connectivity index (χ3n) is 3.97. The molecule has 18 heavy (non-hydrogen) atoms. The molecule has 1 fully saturated rings. The molecule has 0 saturated heterocycles. The molecule has 2 rings (SSSR count). The second-order valence-electron chi connectivity index (χ2n) is 5.46. The predicted octanol–water partition coefficient (Wildman–Crippen LogP) is 2.98. The van der Waals surface area contributed by atoms with Crippen molar-refractivity contribution in [1.82, 2.24) is 4.90 Å². The highest BCUT2D eigenvalue weighted by atomic mass is 19.1. The average Bonchev–Trinajstić information content (AvgIpc) is 3.04. The first-order chi connectivity index (χ1) is 8.49. The number of hydrogen-bond donors (Lipinski definition) is 0. The molecule has 0 aromatic heterocycles. The van der Waals surface area contributed by atoms with Gasteiger partial charge in [-0.1, -0.05) is 6.92 Å². The number of likely N-dealkylation sites (N-methyl/N-ethyl adjacent to an activating group) is 1. The van der Waals surface area contributed by atoms with E-state index in [0.29, 0.717) is 5.56 Å². The van der Waals surface area contributed by atoms with Gasteiger partial charge in [-0.25, -0.2) is 4.39 Å². The smallest absolute Gasteiger partial charge is 0.179 e. The van der Waals surface area contributed by atoms with Crippen LogP contribution >= 0.6 is 0 Å². The molecule has 3 atom stereocenters. The van der Waals surface area contributed by atoms with Crippen LogP contribution in [0.3, 0.4) is 0 Å². The van der Waals surface area contributed by atoms with Gasteiger partial charge in [-0.15, -0.1) is 0 Å². The molecule has 1 aliphatic carbocycles. The fourth-order valence-corrected chi connectivity index (χ4v) is 2.24. The molecule has 0 heterocycles. The molecule has 0 amide bonds. The van der Waals surface area contributed by atoms with E-state index in [2.05, 4.69) is 11.8 Å². The van der Waals surface area contributed by atoms with Crippen molar-refractivity contribution < 1.29 is 9.18 Å². The minimum Gasteiger partial charge on any atom is -0.296 e. The van der Waals surface area contributed by atoms with E-state index in [1.807, 2.05) is 14.0 Å². The molecular weight excluding hydrogens is 229 g/mol. The summed E-state index contributed by atoms with van der Waals surface area (Å²) in [6.07, 6.45) is 1.27. The molecule has 2 nitrogen and oxygen atoms in total. The molecule has 0 spiro atoms. The second kappa shape index (κ2) is 5.19. The van der Waals surface area contributed by atoms with E-state index >= 15 is 0 Å². The number of halogens is 1. The lowest BCUT2D eigenvalue weighted by molar-refractivity contribution is 0.0863. The van der Waals surface area contributed by atoms with Crippen molar-refractivity contribution in [2.24, 2.45) is 11.8 Å². The first kappa shape index (κ1) is 13.2. The van der Waals surface area contributed by atoms with Gasteiger partial charge < -0.3 is 0 Å². The second-order valence-corrected chi connectivity index (χ2v) is 5.46. The Balaban J connectivity index is 1.97. The van der Waals surface area contributed by atoms with Crippen LogP contribution in [-0.2, 0) is 0 Å². The minimum absolute atomic E-state index is 0.0609. The predicted molar refractivity (Wildman–Crippen MR) is 70.1 cm³/mol. The summed E-state index contributed by atoms with van der Waals surface area (Å²) in [5.74, 6) is 1.28. The largest absolute Gasteiger partial charge is 0.296 e. The van der Waals surface area contributed by atoms with Crippen molar-refractivity contribution in [2.75, 3.05) is 13.6 Å². The van der Waals surface area contributed by atoms with E-state index in [-0.39, 0.29) is 17.6 Å². The molecule has 3 heteroatoms. The molecule has 0 radical (unpaired) electrons. The minimum atomic E-state index is -0.306. The third-order valence-corrected chi connectivity index (χ3v) is 3.97. The summed E-state index contributed by atoms with van der Waals surface area (Å²) in [5.41, 5.74) is 0.583. The summed E-state index contributed by atoms with van der Waals surface area (Å²) < 4.78 is 12.8. The molecule has 0 N–H and O–H groups in total. The topological polar surface area (TPSA) is 20.3 Å². The third kappa shape index (κ3) is 2.96. The van der Waals surface area contributed by atoms with Gasteiger partial charge >= 0.3 is 0 Å². The van der Waals surface area contributed by atoms with Crippen LogP contribution in [0.5, 0.6) is 0 Å². The SMILES string of the molecule is CC1CC1CN(C)C(C)C(=O)c1ccc(F)cc1. The summed E-state index contributed by atoms with van der Waals surface area (Å²) in [6.45, 7) is 5.12. The van der Waals surface area contributed by atoms with Crippen molar-refractivity contribution in [3.05, 3.63) is 35.6 Å². The Kier molecular flexibility index (Phi) is 3.81. The molecule has 1 saturated carbocycles. The van der Waals surface area contributed by atoms with E-state index in [4.69, 9.17) is 0 Å². The van der Waals surface area contributed by atoms with Crippen molar-refractivity contribution in [2.45, 2.75) is 26.3 Å². The molecule has 1 aromatic rings. The van der Waals surface area contributed by atoms with Crippen molar-refractivity contribution in [1.29, 1.82) is 0 Å². The number of nitrogens with zero attached hydrogens (tertiary/aromatic N) is 1. The summed E-state index contributed by atoms with van der Waals surface area (Å²) >= 11 is 0. The molecule has 0 aliphatic heterocycles. The number of rotatable bonds is 5. The lowest BCUT2D eigenvalue weighted by Gasteiger charge is -2.23. The highest BCUT2D eigenvalue weighted by molar-refractivity contribution is 5.99. The van der Waals surface area contributed by atoms with Crippen LogP contribution in [0, 0.1) is 17.7 Å². The van der Waals surface area contributed by atoms with Crippen LogP contribution in [0.4, 0.5) is 4.39 Å². The number of carbonyl (C=O) groups excluding carboxylic acids is 1. The van der Waals surface area contributed by atoms with Gasteiger partial charge in [0.15, 0.2) is 5.78 Å². The maximum atomic E-state index is 12.8. The Hall–Kier alpha value is -1.22. The van der Waals surface area contributed by atoms with Gasteiger partial charge in [0, 0.05) is 12.1 Å². The maximum Gasteiger partial charge on any atom is 0.179 e. The van der Waals surface area contributed by atoms with Crippen molar-refractivity contribution in [3.8, 4) is 0 Å². The summed E-state index contributed by atoms with van der Waals surface area (Å²) in [5, 5.41) is 0. The zero-order valence-corrected chi connectivity index (χ0v) is 11.2. The Morgan fingerprint density at radius 3 is 2.50 bits per heavy atom. The van der Waals surface area contributed by atoms with Gasteiger partial charge in [-0.3, -0.25) is 9.69 Å². The van der Waals surface area contributed by atoms with Crippen LogP contribution < -0.4 is 0 Å². The van der Waals surface area contributed by atoms with E-state index < -0.39 is 0 Å². The van der Waals surface area contributed by atoms with Gasteiger partial charge in [-0.05, 0) is 56.5 Å². The van der Waals surface area contributed by atoms with Crippen LogP contribution in [-0.4, -0.2) is 30.3 Å². The van der Waals surface area contributed by atoms with Crippen LogP contribution in [0.15, 0.2) is 24.3 Å². The quantitative estimate of drug-likeness (QED) is 0.748. The fourth-order valence-electron chi connectivity index (χ4n) is 2.24. The van der Waals surface area contributed by atoms with Gasteiger partial charge in [0.05, 0.1) is 6.04 Å². The number of hydrogen-bond acceptors (Lipinski definition) is 2. The molecule has 1 aliphatic rings. The van der Waals surface area contributed by atoms with Gasteiger partial charge in [0.2, 0.25) is 0 Å². The zero-order valence-electron chi connectivity index (χ0n) is 11.2. The summed E-state index contributed by atoms with van der Waals surface area (Å²) in [6, 6.07) is 5.64. The van der Waals surface area contributed by atoms with Crippen LogP contribution in [0.1, 0.15) is 30.6 Å². The van der Waals surface area contributed by atoms with Crippen molar-refractivity contribution >= 4 is 5.78 Å². The first-order valence-electron chi connectivity index (χ1n) is 6.49. The normalized spacial score (nSPS) is 24.1.